The van der Waals surface area contributed by atoms with Gasteiger partial charge in [-0.3, -0.25) is 18.9 Å². The number of rotatable bonds is 5. The van der Waals surface area contributed by atoms with Crippen molar-refractivity contribution in [2.24, 2.45) is 12.1 Å². The molecule has 5 aromatic rings. The van der Waals surface area contributed by atoms with E-state index in [1.807, 2.05) is 49.4 Å². The summed E-state index contributed by atoms with van der Waals surface area (Å²) in [5.74, 6) is 0.495. The molecule has 2 heterocycles. The summed E-state index contributed by atoms with van der Waals surface area (Å²) < 4.78 is 3.03. The zero-order valence-electron chi connectivity index (χ0n) is 18.6. The molecule has 0 saturated heterocycles. The first-order valence-corrected chi connectivity index (χ1v) is 10.7. The maximum atomic E-state index is 12.8. The normalized spacial score (nSPS) is 11.9. The van der Waals surface area contributed by atoms with E-state index in [2.05, 4.69) is 20.5 Å². The van der Waals surface area contributed by atoms with Crippen LogP contribution in [-0.4, -0.2) is 29.9 Å². The van der Waals surface area contributed by atoms with Gasteiger partial charge in [-0.2, -0.15) is 10.1 Å². The Balaban J connectivity index is 1.65. The van der Waals surface area contributed by atoms with E-state index in [4.69, 9.17) is 0 Å². The molecule has 0 bridgehead atoms. The predicted octanol–water partition coefficient (Wildman–Crippen LogP) is 3.17. The number of phenolic OH excluding ortho intramolecular Hbond substituents is 1. The van der Waals surface area contributed by atoms with Crippen molar-refractivity contribution in [2.75, 3.05) is 5.43 Å². The summed E-state index contributed by atoms with van der Waals surface area (Å²) in [4.78, 5) is 31.9. The van der Waals surface area contributed by atoms with E-state index >= 15 is 0 Å². The highest BCUT2D eigenvalue weighted by Crippen LogP contribution is 2.23. The van der Waals surface area contributed by atoms with Gasteiger partial charge in [-0.25, -0.2) is 10.2 Å². The van der Waals surface area contributed by atoms with Crippen LogP contribution in [0.2, 0.25) is 0 Å². The fourth-order valence-electron chi connectivity index (χ4n) is 3.98. The Kier molecular flexibility index (Phi) is 5.21. The predicted molar refractivity (Wildman–Crippen MR) is 133 cm³/mol. The number of aryl methyl sites for hydroxylation is 1. The third-order valence-corrected chi connectivity index (χ3v) is 5.82. The molecule has 0 radical (unpaired) electrons. The molecule has 0 amide bonds. The van der Waals surface area contributed by atoms with Crippen LogP contribution in [0.4, 0.5) is 5.95 Å². The first-order chi connectivity index (χ1) is 16.4. The Morgan fingerprint density at radius 3 is 2.59 bits per heavy atom. The van der Waals surface area contributed by atoms with Crippen molar-refractivity contribution in [3.05, 3.63) is 98.7 Å². The summed E-state index contributed by atoms with van der Waals surface area (Å²) in [7, 11) is 1.56. The molecule has 2 aromatic heterocycles. The number of nitrogens with one attached hydrogen (secondary N) is 2. The summed E-state index contributed by atoms with van der Waals surface area (Å²) in [5, 5.41) is 16.1. The maximum Gasteiger partial charge on any atom is 0.329 e. The number of hydrogen-bond acceptors (Lipinski definition) is 6. The van der Waals surface area contributed by atoms with Gasteiger partial charge in [0.15, 0.2) is 11.2 Å². The first kappa shape index (κ1) is 21.2. The van der Waals surface area contributed by atoms with E-state index in [1.165, 1.54) is 4.57 Å². The second-order valence-corrected chi connectivity index (χ2v) is 8.01. The molecule has 0 spiro atoms. The van der Waals surface area contributed by atoms with Gasteiger partial charge in [0, 0.05) is 7.05 Å². The highest BCUT2D eigenvalue weighted by molar-refractivity contribution is 5.99. The van der Waals surface area contributed by atoms with Crippen molar-refractivity contribution in [3.63, 3.8) is 0 Å². The lowest BCUT2D eigenvalue weighted by Crippen LogP contribution is -2.29. The maximum absolute atomic E-state index is 12.8. The van der Waals surface area contributed by atoms with Crippen molar-refractivity contribution in [2.45, 2.75) is 13.5 Å². The van der Waals surface area contributed by atoms with Gasteiger partial charge in [0.2, 0.25) is 5.95 Å². The molecule has 0 aliphatic heterocycles. The molecule has 0 aliphatic carbocycles. The number of aromatic hydroxyl groups is 1. The number of aromatic amines is 1. The summed E-state index contributed by atoms with van der Waals surface area (Å²) in [6.45, 7) is 2.16. The number of H-pyrrole nitrogens is 1. The van der Waals surface area contributed by atoms with Crippen LogP contribution in [0.1, 0.15) is 18.1 Å². The van der Waals surface area contributed by atoms with E-state index in [-0.39, 0.29) is 16.9 Å². The van der Waals surface area contributed by atoms with E-state index in [1.54, 1.807) is 35.9 Å². The zero-order valence-corrected chi connectivity index (χ0v) is 18.6. The third-order valence-electron chi connectivity index (χ3n) is 5.82. The van der Waals surface area contributed by atoms with E-state index < -0.39 is 11.2 Å². The molecular weight excluding hydrogens is 432 g/mol. The van der Waals surface area contributed by atoms with Crippen LogP contribution in [0.15, 0.2) is 81.4 Å². The van der Waals surface area contributed by atoms with Crippen molar-refractivity contribution in [1.82, 2.24) is 19.1 Å². The zero-order chi connectivity index (χ0) is 23.8. The molecule has 3 N–H and O–H groups in total. The van der Waals surface area contributed by atoms with Crippen LogP contribution in [0.25, 0.3) is 21.9 Å². The molecule has 170 valence electrons. The molecule has 0 unspecified atom stereocenters. The van der Waals surface area contributed by atoms with Gasteiger partial charge < -0.3 is 5.11 Å². The van der Waals surface area contributed by atoms with Crippen LogP contribution in [0.3, 0.4) is 0 Å². The van der Waals surface area contributed by atoms with Gasteiger partial charge in [-0.1, -0.05) is 42.5 Å². The lowest BCUT2D eigenvalue weighted by molar-refractivity contribution is 0.475. The number of benzene rings is 3. The molecule has 34 heavy (non-hydrogen) atoms. The Bertz CT molecular complexity index is 1670. The van der Waals surface area contributed by atoms with Crippen LogP contribution in [-0.2, 0) is 13.6 Å². The number of imidazole rings is 1. The fourth-order valence-corrected chi connectivity index (χ4v) is 3.98. The van der Waals surface area contributed by atoms with Gasteiger partial charge >= 0.3 is 5.69 Å². The summed E-state index contributed by atoms with van der Waals surface area (Å²) in [6.07, 6.45) is 0. The SMILES string of the molecule is C/C(=N/Nc1nc2c(c(=O)[nH]c(=O)n2C)n1Cc1cccc2ccccc12)c1ccc(O)cc1. The smallest absolute Gasteiger partial charge is 0.329 e. The van der Waals surface area contributed by atoms with Crippen molar-refractivity contribution >= 4 is 33.6 Å². The number of phenols is 1. The average molecular weight is 454 g/mol. The highest BCUT2D eigenvalue weighted by Gasteiger charge is 2.18. The van der Waals surface area contributed by atoms with Gasteiger partial charge in [0.25, 0.3) is 5.56 Å². The van der Waals surface area contributed by atoms with Gasteiger partial charge in [0.05, 0.1) is 12.3 Å². The second-order valence-electron chi connectivity index (χ2n) is 8.01. The Hall–Kier alpha value is -4.66. The molecule has 9 heteroatoms. The van der Waals surface area contributed by atoms with Gasteiger partial charge in [-0.05, 0) is 53.1 Å². The standard InChI is InChI=1S/C25H22N6O3/c1-15(16-10-12-19(32)13-11-16)28-29-24-26-22-21(23(33)27-25(34)30(22)2)31(24)14-18-8-5-7-17-6-3-4-9-20(17)18/h3-13,32H,14H2,1-2H3,(H,26,29)(H,27,33,34)/b28-15-. The summed E-state index contributed by atoms with van der Waals surface area (Å²) >= 11 is 0. The number of anilines is 1. The Labute approximate surface area is 193 Å². The number of aromatic nitrogens is 4. The number of hydrogen-bond donors (Lipinski definition) is 3. The minimum absolute atomic E-state index is 0.168. The van der Waals surface area contributed by atoms with Crippen LogP contribution < -0.4 is 16.7 Å². The molecule has 0 aliphatic rings. The molecule has 0 atom stereocenters. The molecule has 0 saturated carbocycles. The lowest BCUT2D eigenvalue weighted by atomic mass is 10.0. The summed E-state index contributed by atoms with van der Waals surface area (Å²) in [5.41, 5.74) is 4.91. The van der Waals surface area contributed by atoms with Crippen molar-refractivity contribution < 1.29 is 5.11 Å². The minimum Gasteiger partial charge on any atom is -0.508 e. The Morgan fingerprint density at radius 2 is 1.79 bits per heavy atom. The van der Waals surface area contributed by atoms with E-state index in [0.29, 0.717) is 18.2 Å². The number of fused-ring (bicyclic) bond motifs is 2. The molecule has 9 nitrogen and oxygen atoms in total. The van der Waals surface area contributed by atoms with Crippen molar-refractivity contribution in [1.29, 1.82) is 0 Å². The lowest BCUT2D eigenvalue weighted by Gasteiger charge is -2.11. The number of nitrogens with zero attached hydrogens (tertiary/aromatic N) is 4. The van der Waals surface area contributed by atoms with Crippen molar-refractivity contribution in [3.8, 4) is 5.75 Å². The first-order valence-electron chi connectivity index (χ1n) is 10.7. The minimum atomic E-state index is -0.539. The van der Waals surface area contributed by atoms with Crippen LogP contribution >= 0.6 is 0 Å². The fraction of sp³-hybridized carbons (Fsp3) is 0.120. The molecule has 5 rings (SSSR count). The molecule has 0 fully saturated rings. The summed E-state index contributed by atoms with van der Waals surface area (Å²) in [6, 6.07) is 20.7. The largest absolute Gasteiger partial charge is 0.508 e. The monoisotopic (exact) mass is 454 g/mol. The third kappa shape index (κ3) is 3.73. The molecular formula is C25H22N6O3. The van der Waals surface area contributed by atoms with E-state index in [0.717, 1.165) is 21.9 Å². The number of hydrazone groups is 1. The Morgan fingerprint density at radius 1 is 1.06 bits per heavy atom. The average Bonchev–Trinajstić information content (AvgIpc) is 3.20. The highest BCUT2D eigenvalue weighted by atomic mass is 16.3. The van der Waals surface area contributed by atoms with Gasteiger partial charge in [-0.15, -0.1) is 0 Å². The molecule has 3 aromatic carbocycles. The second kappa shape index (κ2) is 8.36. The van der Waals surface area contributed by atoms with Crippen LogP contribution in [0.5, 0.6) is 5.75 Å². The van der Waals surface area contributed by atoms with Crippen LogP contribution in [0, 0.1) is 0 Å². The topological polar surface area (TPSA) is 117 Å². The van der Waals surface area contributed by atoms with Gasteiger partial charge in [0.1, 0.15) is 5.75 Å². The quantitative estimate of drug-likeness (QED) is 0.279. The van der Waals surface area contributed by atoms with E-state index in [9.17, 15) is 14.7 Å².